The normalized spacial score (nSPS) is 15.8. The highest BCUT2D eigenvalue weighted by Gasteiger charge is 2.17. The molecule has 1 aliphatic carbocycles. The Kier molecular flexibility index (Phi) is 3.82. The van der Waals surface area contributed by atoms with Crippen LogP contribution in [0.25, 0.3) is 11.0 Å². The molecule has 1 aliphatic rings. The minimum atomic E-state index is 0.0851. The van der Waals surface area contributed by atoms with E-state index in [1.165, 1.54) is 24.6 Å². The average Bonchev–Trinajstić information content (AvgIpc) is 3.04. The number of nitrogens with two attached hydrogens (primary N) is 1. The highest BCUT2D eigenvalue weighted by molar-refractivity contribution is 7.99. The number of benzene rings is 1. The van der Waals surface area contributed by atoms with Crippen molar-refractivity contribution in [2.75, 3.05) is 11.5 Å². The predicted octanol–water partition coefficient (Wildman–Crippen LogP) is 2.30. The fraction of sp³-hybridized carbons (Fsp3) is 0.429. The molecule has 6 heteroatoms. The molecule has 0 saturated heterocycles. The van der Waals surface area contributed by atoms with Gasteiger partial charge in [0, 0.05) is 11.7 Å². The molecule has 1 heterocycles. The average molecular weight is 290 g/mol. The van der Waals surface area contributed by atoms with E-state index in [9.17, 15) is 4.79 Å². The van der Waals surface area contributed by atoms with Gasteiger partial charge in [-0.05, 0) is 31.0 Å². The SMILES string of the molecule is Nc1ccc2nc(SCC(=O)NC3CCCC3)[nH]c2c1. The summed E-state index contributed by atoms with van der Waals surface area (Å²) in [7, 11) is 0. The lowest BCUT2D eigenvalue weighted by Crippen LogP contribution is -2.33. The van der Waals surface area contributed by atoms with Crippen LogP contribution >= 0.6 is 11.8 Å². The molecular formula is C14H18N4OS. The number of thioether (sulfide) groups is 1. The predicted molar refractivity (Wildman–Crippen MR) is 81.6 cm³/mol. The molecule has 2 aromatic rings. The molecular weight excluding hydrogens is 272 g/mol. The molecule has 20 heavy (non-hydrogen) atoms. The van der Waals surface area contributed by atoms with Crippen LogP contribution < -0.4 is 11.1 Å². The summed E-state index contributed by atoms with van der Waals surface area (Å²) in [5, 5.41) is 3.83. The number of nitrogens with zero attached hydrogens (tertiary/aromatic N) is 1. The van der Waals surface area contributed by atoms with Gasteiger partial charge < -0.3 is 16.0 Å². The zero-order valence-corrected chi connectivity index (χ0v) is 12.0. The molecule has 5 nitrogen and oxygen atoms in total. The summed E-state index contributed by atoms with van der Waals surface area (Å²) < 4.78 is 0. The number of H-pyrrole nitrogens is 1. The number of hydrogen-bond acceptors (Lipinski definition) is 4. The van der Waals surface area contributed by atoms with Crippen LogP contribution in [0.4, 0.5) is 5.69 Å². The molecule has 1 saturated carbocycles. The number of rotatable bonds is 4. The van der Waals surface area contributed by atoms with Crippen molar-refractivity contribution in [2.45, 2.75) is 36.9 Å². The van der Waals surface area contributed by atoms with Crippen LogP contribution in [0.1, 0.15) is 25.7 Å². The molecule has 0 unspecified atom stereocenters. The van der Waals surface area contributed by atoms with E-state index >= 15 is 0 Å². The molecule has 0 atom stereocenters. The Balaban J connectivity index is 1.57. The van der Waals surface area contributed by atoms with Crippen molar-refractivity contribution in [3.63, 3.8) is 0 Å². The van der Waals surface area contributed by atoms with Gasteiger partial charge in [0.25, 0.3) is 0 Å². The second-order valence-electron chi connectivity index (χ2n) is 5.16. The Morgan fingerprint density at radius 1 is 1.45 bits per heavy atom. The van der Waals surface area contributed by atoms with Crippen molar-refractivity contribution in [2.24, 2.45) is 0 Å². The molecule has 0 bridgehead atoms. The number of carbonyl (C=O) groups excluding carboxylic acids is 1. The van der Waals surface area contributed by atoms with Gasteiger partial charge in [-0.15, -0.1) is 0 Å². The first kappa shape index (κ1) is 13.3. The lowest BCUT2D eigenvalue weighted by molar-refractivity contribution is -0.119. The highest BCUT2D eigenvalue weighted by Crippen LogP contribution is 2.22. The van der Waals surface area contributed by atoms with Crippen LogP contribution in [0, 0.1) is 0 Å². The Morgan fingerprint density at radius 3 is 3.05 bits per heavy atom. The van der Waals surface area contributed by atoms with Crippen LogP contribution in [0.3, 0.4) is 0 Å². The number of amides is 1. The quantitative estimate of drug-likeness (QED) is 0.596. The van der Waals surface area contributed by atoms with Crippen molar-refractivity contribution in [1.82, 2.24) is 15.3 Å². The van der Waals surface area contributed by atoms with Gasteiger partial charge in [0.05, 0.1) is 16.8 Å². The highest BCUT2D eigenvalue weighted by atomic mass is 32.2. The first-order chi connectivity index (χ1) is 9.70. The van der Waals surface area contributed by atoms with Crippen molar-refractivity contribution in [1.29, 1.82) is 0 Å². The van der Waals surface area contributed by atoms with Crippen molar-refractivity contribution in [3.05, 3.63) is 18.2 Å². The molecule has 1 fully saturated rings. The van der Waals surface area contributed by atoms with Crippen LogP contribution in [-0.2, 0) is 4.79 Å². The third kappa shape index (κ3) is 3.07. The van der Waals surface area contributed by atoms with Gasteiger partial charge in [-0.2, -0.15) is 0 Å². The molecule has 4 N–H and O–H groups in total. The maximum absolute atomic E-state index is 11.8. The van der Waals surface area contributed by atoms with Crippen molar-refractivity contribution >= 4 is 34.4 Å². The van der Waals surface area contributed by atoms with Crippen LogP contribution in [0.5, 0.6) is 0 Å². The van der Waals surface area contributed by atoms with E-state index in [4.69, 9.17) is 5.73 Å². The number of nitrogens with one attached hydrogen (secondary N) is 2. The number of hydrogen-bond donors (Lipinski definition) is 3. The number of fused-ring (bicyclic) bond motifs is 1. The monoisotopic (exact) mass is 290 g/mol. The molecule has 0 radical (unpaired) electrons. The smallest absolute Gasteiger partial charge is 0.230 e. The molecule has 0 aliphatic heterocycles. The molecule has 1 aromatic carbocycles. The van der Waals surface area contributed by atoms with E-state index in [2.05, 4.69) is 15.3 Å². The Labute approximate surface area is 121 Å². The third-order valence-corrected chi connectivity index (χ3v) is 4.42. The van der Waals surface area contributed by atoms with E-state index in [1.807, 2.05) is 18.2 Å². The second-order valence-corrected chi connectivity index (χ2v) is 6.12. The fourth-order valence-electron chi connectivity index (χ4n) is 2.55. The minimum absolute atomic E-state index is 0.0851. The second kappa shape index (κ2) is 5.75. The first-order valence-electron chi connectivity index (χ1n) is 6.88. The number of nitrogen functional groups attached to an aromatic ring is 1. The van der Waals surface area contributed by atoms with Crippen LogP contribution in [-0.4, -0.2) is 27.7 Å². The fourth-order valence-corrected chi connectivity index (χ4v) is 3.24. The standard InChI is InChI=1S/C14H18N4OS/c15-9-5-6-11-12(7-9)18-14(17-11)20-8-13(19)16-10-3-1-2-4-10/h5-7,10H,1-4,8,15H2,(H,16,19)(H,17,18). The van der Waals surface area contributed by atoms with E-state index in [1.54, 1.807) is 0 Å². The van der Waals surface area contributed by atoms with Gasteiger partial charge in [0.1, 0.15) is 0 Å². The van der Waals surface area contributed by atoms with Gasteiger partial charge in [-0.3, -0.25) is 4.79 Å². The Bertz CT molecular complexity index is 619. The summed E-state index contributed by atoms with van der Waals surface area (Å²) in [4.78, 5) is 19.5. The summed E-state index contributed by atoms with van der Waals surface area (Å²) in [6, 6.07) is 5.93. The lowest BCUT2D eigenvalue weighted by atomic mass is 10.2. The van der Waals surface area contributed by atoms with Crippen LogP contribution in [0.15, 0.2) is 23.4 Å². The molecule has 106 valence electrons. The van der Waals surface area contributed by atoms with Crippen LogP contribution in [0.2, 0.25) is 0 Å². The molecule has 3 rings (SSSR count). The van der Waals surface area contributed by atoms with E-state index in [-0.39, 0.29) is 5.91 Å². The van der Waals surface area contributed by atoms with Gasteiger partial charge in [-0.25, -0.2) is 4.98 Å². The maximum Gasteiger partial charge on any atom is 0.230 e. The number of aromatic nitrogens is 2. The van der Waals surface area contributed by atoms with E-state index < -0.39 is 0 Å². The summed E-state index contributed by atoms with van der Waals surface area (Å²) in [6.07, 6.45) is 4.67. The lowest BCUT2D eigenvalue weighted by Gasteiger charge is -2.10. The van der Waals surface area contributed by atoms with Gasteiger partial charge >= 0.3 is 0 Å². The van der Waals surface area contributed by atoms with Crippen molar-refractivity contribution < 1.29 is 4.79 Å². The van der Waals surface area contributed by atoms with Gasteiger partial charge in [-0.1, -0.05) is 24.6 Å². The summed E-state index contributed by atoms with van der Waals surface area (Å²) in [5.74, 6) is 0.480. The number of imidazole rings is 1. The molecule has 0 spiro atoms. The molecule has 1 aromatic heterocycles. The topological polar surface area (TPSA) is 83.8 Å². The zero-order valence-electron chi connectivity index (χ0n) is 11.2. The van der Waals surface area contributed by atoms with Gasteiger partial charge in [0.15, 0.2) is 5.16 Å². The Hall–Kier alpha value is -1.69. The van der Waals surface area contributed by atoms with Gasteiger partial charge in [0.2, 0.25) is 5.91 Å². The minimum Gasteiger partial charge on any atom is -0.399 e. The molecule has 1 amide bonds. The van der Waals surface area contributed by atoms with E-state index in [0.29, 0.717) is 17.5 Å². The number of anilines is 1. The Morgan fingerprint density at radius 2 is 2.25 bits per heavy atom. The van der Waals surface area contributed by atoms with Crippen molar-refractivity contribution in [3.8, 4) is 0 Å². The first-order valence-corrected chi connectivity index (χ1v) is 7.87. The van der Waals surface area contributed by atoms with E-state index in [0.717, 1.165) is 29.0 Å². The number of carbonyl (C=O) groups is 1. The largest absolute Gasteiger partial charge is 0.399 e. The number of aromatic amines is 1. The summed E-state index contributed by atoms with van der Waals surface area (Å²) in [5.41, 5.74) is 8.21. The summed E-state index contributed by atoms with van der Waals surface area (Å²) >= 11 is 1.42. The maximum atomic E-state index is 11.8. The zero-order chi connectivity index (χ0) is 13.9. The third-order valence-electron chi connectivity index (χ3n) is 3.54. The summed E-state index contributed by atoms with van der Waals surface area (Å²) in [6.45, 7) is 0.